The normalized spacial score (nSPS) is 12.3. The van der Waals surface area contributed by atoms with Crippen LogP contribution in [0.4, 0.5) is 0 Å². The average molecular weight is 292 g/mol. The van der Waals surface area contributed by atoms with E-state index in [2.05, 4.69) is 19.2 Å². The van der Waals surface area contributed by atoms with Crippen LogP contribution < -0.4 is 15.8 Å². The second-order valence-corrected chi connectivity index (χ2v) is 5.61. The van der Waals surface area contributed by atoms with Crippen LogP contribution in [-0.4, -0.2) is 24.6 Å². The number of carbonyl (C=O) groups is 1. The molecule has 0 saturated carbocycles. The van der Waals surface area contributed by atoms with Gasteiger partial charge in [-0.2, -0.15) is 0 Å². The number of amides is 1. The highest BCUT2D eigenvalue weighted by molar-refractivity contribution is 5.77. The fourth-order valence-corrected chi connectivity index (χ4v) is 2.33. The summed E-state index contributed by atoms with van der Waals surface area (Å²) in [4.78, 5) is 11.9. The van der Waals surface area contributed by atoms with Gasteiger partial charge in [-0.1, -0.05) is 32.0 Å². The first-order chi connectivity index (χ1) is 9.97. The van der Waals surface area contributed by atoms with E-state index in [4.69, 9.17) is 10.5 Å². The Morgan fingerprint density at radius 1 is 1.33 bits per heavy atom. The van der Waals surface area contributed by atoms with Gasteiger partial charge in [0.1, 0.15) is 5.75 Å². The van der Waals surface area contributed by atoms with E-state index in [0.717, 1.165) is 36.1 Å². The van der Waals surface area contributed by atoms with Gasteiger partial charge >= 0.3 is 0 Å². The van der Waals surface area contributed by atoms with Gasteiger partial charge in [0.2, 0.25) is 0 Å². The van der Waals surface area contributed by atoms with Crippen molar-refractivity contribution >= 4 is 5.91 Å². The Morgan fingerprint density at radius 3 is 2.57 bits per heavy atom. The van der Waals surface area contributed by atoms with Crippen molar-refractivity contribution < 1.29 is 9.53 Å². The molecular formula is C17H28N2O2. The molecule has 1 atom stereocenters. The number of rotatable bonds is 8. The van der Waals surface area contributed by atoms with Gasteiger partial charge in [0.05, 0.1) is 0 Å². The van der Waals surface area contributed by atoms with E-state index in [1.165, 1.54) is 0 Å². The molecule has 1 unspecified atom stereocenters. The number of ether oxygens (including phenoxy) is 1. The second kappa shape index (κ2) is 8.67. The fourth-order valence-electron chi connectivity index (χ4n) is 2.33. The lowest BCUT2D eigenvalue weighted by Crippen LogP contribution is -2.37. The van der Waals surface area contributed by atoms with Crippen molar-refractivity contribution in [2.45, 2.75) is 59.0 Å². The number of carbonyl (C=O) groups excluding carboxylic acids is 1. The van der Waals surface area contributed by atoms with Gasteiger partial charge in [-0.05, 0) is 44.2 Å². The smallest absolute Gasteiger partial charge is 0.258 e. The van der Waals surface area contributed by atoms with Gasteiger partial charge < -0.3 is 15.8 Å². The lowest BCUT2D eigenvalue weighted by atomic mass is 10.0. The largest absolute Gasteiger partial charge is 0.483 e. The number of nitrogens with two attached hydrogens (primary N) is 1. The molecule has 0 aromatic heterocycles. The summed E-state index contributed by atoms with van der Waals surface area (Å²) < 4.78 is 5.75. The van der Waals surface area contributed by atoms with E-state index in [1.807, 2.05) is 32.0 Å². The molecule has 0 radical (unpaired) electrons. The number of hydrogen-bond donors (Lipinski definition) is 2. The summed E-state index contributed by atoms with van der Waals surface area (Å²) in [6.07, 6.45) is 2.61. The average Bonchev–Trinajstić information content (AvgIpc) is 2.43. The van der Waals surface area contributed by atoms with Crippen LogP contribution in [0.15, 0.2) is 18.2 Å². The molecule has 4 heteroatoms. The third-order valence-corrected chi connectivity index (χ3v) is 3.53. The van der Waals surface area contributed by atoms with Gasteiger partial charge in [0.25, 0.3) is 5.91 Å². The van der Waals surface area contributed by atoms with Gasteiger partial charge in [0.15, 0.2) is 6.61 Å². The van der Waals surface area contributed by atoms with Crippen molar-refractivity contribution in [3.05, 3.63) is 29.3 Å². The van der Waals surface area contributed by atoms with Gasteiger partial charge in [-0.25, -0.2) is 0 Å². The number of nitrogens with one attached hydrogen (secondary N) is 1. The molecule has 3 N–H and O–H groups in total. The van der Waals surface area contributed by atoms with Crippen LogP contribution >= 0.6 is 0 Å². The maximum absolute atomic E-state index is 11.9. The lowest BCUT2D eigenvalue weighted by molar-refractivity contribution is -0.123. The van der Waals surface area contributed by atoms with Crippen molar-refractivity contribution in [1.29, 1.82) is 0 Å². The van der Waals surface area contributed by atoms with E-state index < -0.39 is 0 Å². The molecule has 0 bridgehead atoms. The Kier molecular flexibility index (Phi) is 7.23. The van der Waals surface area contributed by atoms with Crippen molar-refractivity contribution in [3.63, 3.8) is 0 Å². The first-order valence-electron chi connectivity index (χ1n) is 7.74. The van der Waals surface area contributed by atoms with Gasteiger partial charge in [-0.15, -0.1) is 0 Å². The van der Waals surface area contributed by atoms with Crippen molar-refractivity contribution in [1.82, 2.24) is 5.32 Å². The first-order valence-corrected chi connectivity index (χ1v) is 7.74. The molecule has 0 heterocycles. The fraction of sp³-hybridized carbons (Fsp3) is 0.588. The Morgan fingerprint density at radius 2 is 2.00 bits per heavy atom. The van der Waals surface area contributed by atoms with E-state index >= 15 is 0 Å². The number of aryl methyl sites for hydroxylation is 1. The molecule has 1 aromatic rings. The summed E-state index contributed by atoms with van der Waals surface area (Å²) in [6, 6.07) is 6.27. The van der Waals surface area contributed by atoms with E-state index in [-0.39, 0.29) is 24.6 Å². The van der Waals surface area contributed by atoms with Crippen LogP contribution in [0.5, 0.6) is 5.75 Å². The molecule has 1 aromatic carbocycles. The highest BCUT2D eigenvalue weighted by atomic mass is 16.5. The van der Waals surface area contributed by atoms with Crippen LogP contribution in [0.1, 0.15) is 44.7 Å². The molecule has 0 aliphatic rings. The van der Waals surface area contributed by atoms with E-state index in [0.29, 0.717) is 0 Å². The molecule has 118 valence electrons. The topological polar surface area (TPSA) is 64.3 Å². The Labute approximate surface area is 128 Å². The minimum absolute atomic E-state index is 0.0489. The zero-order chi connectivity index (χ0) is 15.8. The molecule has 0 aliphatic heterocycles. The summed E-state index contributed by atoms with van der Waals surface area (Å²) in [5.74, 6) is 0.716. The quantitative estimate of drug-likeness (QED) is 0.774. The number of para-hydroxylation sites is 1. The summed E-state index contributed by atoms with van der Waals surface area (Å²) in [5, 5.41) is 2.98. The zero-order valence-electron chi connectivity index (χ0n) is 13.6. The summed E-state index contributed by atoms with van der Waals surface area (Å²) in [7, 11) is 0. The maximum atomic E-state index is 11.9. The van der Waals surface area contributed by atoms with Crippen LogP contribution in [0.3, 0.4) is 0 Å². The van der Waals surface area contributed by atoms with Crippen LogP contribution in [-0.2, 0) is 11.2 Å². The molecule has 0 aliphatic carbocycles. The van der Waals surface area contributed by atoms with Crippen molar-refractivity contribution in [2.24, 2.45) is 5.73 Å². The Balaban J connectivity index is 2.68. The zero-order valence-corrected chi connectivity index (χ0v) is 13.6. The number of benzene rings is 1. The molecule has 1 amide bonds. The van der Waals surface area contributed by atoms with E-state index in [1.54, 1.807) is 0 Å². The summed E-state index contributed by atoms with van der Waals surface area (Å²) in [6.45, 7) is 8.13. The SMILES string of the molecule is CCC(CC)NC(=O)COc1c(C)cccc1CC(C)N. The summed E-state index contributed by atoms with van der Waals surface area (Å²) in [5.41, 5.74) is 7.95. The molecule has 4 nitrogen and oxygen atoms in total. The van der Waals surface area contributed by atoms with E-state index in [9.17, 15) is 4.79 Å². The van der Waals surface area contributed by atoms with Crippen LogP contribution in [0, 0.1) is 6.92 Å². The van der Waals surface area contributed by atoms with Gasteiger partial charge in [0, 0.05) is 12.1 Å². The predicted molar refractivity (Wildman–Crippen MR) is 86.5 cm³/mol. The third-order valence-electron chi connectivity index (χ3n) is 3.53. The monoisotopic (exact) mass is 292 g/mol. The predicted octanol–water partition coefficient (Wildman–Crippen LogP) is 2.57. The molecule has 0 saturated heterocycles. The highest BCUT2D eigenvalue weighted by Crippen LogP contribution is 2.24. The first kappa shape index (κ1) is 17.5. The minimum Gasteiger partial charge on any atom is -0.483 e. The van der Waals surface area contributed by atoms with Crippen molar-refractivity contribution in [2.75, 3.05) is 6.61 Å². The maximum Gasteiger partial charge on any atom is 0.258 e. The van der Waals surface area contributed by atoms with Crippen LogP contribution in [0.25, 0.3) is 0 Å². The van der Waals surface area contributed by atoms with Gasteiger partial charge in [-0.3, -0.25) is 4.79 Å². The highest BCUT2D eigenvalue weighted by Gasteiger charge is 2.12. The molecule has 21 heavy (non-hydrogen) atoms. The molecule has 0 spiro atoms. The lowest BCUT2D eigenvalue weighted by Gasteiger charge is -2.17. The molecule has 0 fully saturated rings. The van der Waals surface area contributed by atoms with Crippen molar-refractivity contribution in [3.8, 4) is 5.75 Å². The third kappa shape index (κ3) is 5.76. The Hall–Kier alpha value is -1.55. The second-order valence-electron chi connectivity index (χ2n) is 5.61. The summed E-state index contributed by atoms with van der Waals surface area (Å²) >= 11 is 0. The van der Waals surface area contributed by atoms with Crippen LogP contribution in [0.2, 0.25) is 0 Å². The standard InChI is InChI=1S/C17H28N2O2/c1-5-15(6-2)19-16(20)11-21-17-12(3)8-7-9-14(17)10-13(4)18/h7-9,13,15H,5-6,10-11,18H2,1-4H3,(H,19,20). The number of hydrogen-bond acceptors (Lipinski definition) is 3. The minimum atomic E-state index is -0.0706. The Bertz CT molecular complexity index is 454. The molecular weight excluding hydrogens is 264 g/mol. The molecule has 1 rings (SSSR count).